The Bertz CT molecular complexity index is 1090. The van der Waals surface area contributed by atoms with Gasteiger partial charge in [-0.3, -0.25) is 9.59 Å². The molecule has 2 aliphatic heterocycles. The molecule has 39 heavy (non-hydrogen) atoms. The fourth-order valence-electron chi connectivity index (χ4n) is 6.04. The average molecular weight is 542 g/mol. The molecule has 3 N–H and O–H groups in total. The Morgan fingerprint density at radius 2 is 1.82 bits per heavy atom. The zero-order valence-electron chi connectivity index (χ0n) is 22.9. The number of nitrogens with one attached hydrogen (secondary N) is 2. The normalized spacial score (nSPS) is 21.8. The van der Waals surface area contributed by atoms with Crippen molar-refractivity contribution in [3.8, 4) is 0 Å². The van der Waals surface area contributed by atoms with Crippen LogP contribution in [0.3, 0.4) is 0 Å². The second-order valence-corrected chi connectivity index (χ2v) is 11.5. The van der Waals surface area contributed by atoms with Crippen LogP contribution in [0.1, 0.15) is 57.1 Å². The Kier molecular flexibility index (Phi) is 10.1. The summed E-state index contributed by atoms with van der Waals surface area (Å²) in [7, 11) is 0. The summed E-state index contributed by atoms with van der Waals surface area (Å²) >= 11 is 0. The van der Waals surface area contributed by atoms with E-state index in [-0.39, 0.29) is 30.2 Å². The van der Waals surface area contributed by atoms with E-state index in [1.807, 2.05) is 30.3 Å². The topological polar surface area (TPSA) is 81.7 Å². The molecule has 0 aromatic heterocycles. The summed E-state index contributed by atoms with van der Waals surface area (Å²) < 4.78 is 27.9. The minimum atomic E-state index is -0.958. The molecule has 0 bridgehead atoms. The molecule has 5 atom stereocenters. The number of hydrogen-bond donors (Lipinski definition) is 3. The molecule has 8 heteroatoms. The number of amides is 2. The number of hydrogen-bond acceptors (Lipinski definition) is 4. The summed E-state index contributed by atoms with van der Waals surface area (Å²) in [6.45, 7) is 5.45. The first-order chi connectivity index (χ1) is 18.7. The number of likely N-dealkylation sites (tertiary alicyclic amines) is 1. The lowest BCUT2D eigenvalue weighted by molar-refractivity contribution is -0.140. The van der Waals surface area contributed by atoms with Crippen LogP contribution in [0, 0.1) is 23.5 Å². The SMILES string of the molecule is CC(C)C[C@H]1CCN(C(CCc2ccccc2)C(=O)N[C@@H](Cc2cc(F)cc(F)c2)[C@H](O)[C@H]2CCCN2)C1=O. The highest BCUT2D eigenvalue weighted by Crippen LogP contribution is 2.28. The van der Waals surface area contributed by atoms with Gasteiger partial charge in [0.2, 0.25) is 11.8 Å². The number of halogens is 2. The molecule has 212 valence electrons. The van der Waals surface area contributed by atoms with Crippen LogP contribution >= 0.6 is 0 Å². The van der Waals surface area contributed by atoms with Gasteiger partial charge in [-0.15, -0.1) is 0 Å². The van der Waals surface area contributed by atoms with E-state index in [1.165, 1.54) is 12.1 Å². The van der Waals surface area contributed by atoms with Crippen LogP contribution in [0.25, 0.3) is 0 Å². The highest BCUT2D eigenvalue weighted by Gasteiger charge is 2.40. The number of nitrogens with zero attached hydrogens (tertiary/aromatic N) is 1. The lowest BCUT2D eigenvalue weighted by Crippen LogP contribution is -2.57. The van der Waals surface area contributed by atoms with E-state index in [1.54, 1.807) is 4.90 Å². The summed E-state index contributed by atoms with van der Waals surface area (Å²) in [4.78, 5) is 29.0. The van der Waals surface area contributed by atoms with Crippen molar-refractivity contribution in [3.63, 3.8) is 0 Å². The number of rotatable bonds is 12. The second-order valence-electron chi connectivity index (χ2n) is 11.5. The first-order valence-corrected chi connectivity index (χ1v) is 14.2. The summed E-state index contributed by atoms with van der Waals surface area (Å²) in [5.41, 5.74) is 1.42. The van der Waals surface area contributed by atoms with Crippen molar-refractivity contribution in [2.45, 2.75) is 83.0 Å². The molecule has 2 aromatic rings. The van der Waals surface area contributed by atoms with Gasteiger partial charge in [-0.2, -0.15) is 0 Å². The fourth-order valence-corrected chi connectivity index (χ4v) is 6.04. The second kappa shape index (κ2) is 13.5. The van der Waals surface area contributed by atoms with Crippen LogP contribution in [0.15, 0.2) is 48.5 Å². The van der Waals surface area contributed by atoms with Gasteiger partial charge in [0.1, 0.15) is 17.7 Å². The van der Waals surface area contributed by atoms with Crippen molar-refractivity contribution in [1.29, 1.82) is 0 Å². The van der Waals surface area contributed by atoms with E-state index in [0.29, 0.717) is 37.3 Å². The molecule has 0 spiro atoms. The molecule has 4 rings (SSSR count). The van der Waals surface area contributed by atoms with Crippen molar-refractivity contribution in [1.82, 2.24) is 15.5 Å². The van der Waals surface area contributed by atoms with Gasteiger partial charge in [-0.1, -0.05) is 44.2 Å². The molecular weight excluding hydrogens is 500 g/mol. The quantitative estimate of drug-likeness (QED) is 0.380. The number of aryl methyl sites for hydroxylation is 1. The first-order valence-electron chi connectivity index (χ1n) is 14.2. The number of benzene rings is 2. The van der Waals surface area contributed by atoms with Crippen molar-refractivity contribution in [3.05, 3.63) is 71.3 Å². The number of aliphatic hydroxyl groups is 1. The van der Waals surface area contributed by atoms with Gasteiger partial charge in [-0.25, -0.2) is 8.78 Å². The van der Waals surface area contributed by atoms with Crippen LogP contribution in [0.5, 0.6) is 0 Å². The smallest absolute Gasteiger partial charge is 0.243 e. The van der Waals surface area contributed by atoms with E-state index in [0.717, 1.165) is 37.4 Å². The molecule has 0 aliphatic carbocycles. The lowest BCUT2D eigenvalue weighted by Gasteiger charge is -2.33. The Morgan fingerprint density at radius 1 is 1.10 bits per heavy atom. The summed E-state index contributed by atoms with van der Waals surface area (Å²) in [5.74, 6) is -1.48. The Labute approximate surface area is 230 Å². The van der Waals surface area contributed by atoms with Crippen molar-refractivity contribution in [2.24, 2.45) is 11.8 Å². The molecule has 0 radical (unpaired) electrons. The van der Waals surface area contributed by atoms with Crippen LogP contribution in [0.4, 0.5) is 8.78 Å². The Balaban J connectivity index is 1.56. The maximum absolute atomic E-state index is 14.0. The number of carbonyl (C=O) groups excluding carboxylic acids is 2. The van der Waals surface area contributed by atoms with Crippen molar-refractivity contribution in [2.75, 3.05) is 13.1 Å². The number of aliphatic hydroxyl groups excluding tert-OH is 1. The highest BCUT2D eigenvalue weighted by molar-refractivity contribution is 5.89. The largest absolute Gasteiger partial charge is 0.389 e. The maximum Gasteiger partial charge on any atom is 0.243 e. The molecule has 2 aliphatic rings. The number of carbonyl (C=O) groups is 2. The maximum atomic E-state index is 14.0. The minimum Gasteiger partial charge on any atom is -0.389 e. The lowest BCUT2D eigenvalue weighted by atomic mass is 9.94. The van der Waals surface area contributed by atoms with Gasteiger partial charge < -0.3 is 20.6 Å². The van der Waals surface area contributed by atoms with E-state index in [9.17, 15) is 23.5 Å². The summed E-state index contributed by atoms with van der Waals surface area (Å²) in [6, 6.07) is 11.4. The van der Waals surface area contributed by atoms with Crippen LogP contribution in [-0.2, 0) is 22.4 Å². The van der Waals surface area contributed by atoms with E-state index < -0.39 is 29.8 Å². The molecule has 2 saturated heterocycles. The van der Waals surface area contributed by atoms with Gasteiger partial charge in [-0.05, 0) is 80.7 Å². The van der Waals surface area contributed by atoms with Crippen LogP contribution in [0.2, 0.25) is 0 Å². The standard InChI is InChI=1S/C31H41F2N3O3/c1-20(2)15-23-12-14-36(31(23)39)28(11-10-21-7-4-3-5-8-21)30(38)35-27(29(37)26-9-6-13-34-26)18-22-16-24(32)19-25(33)17-22/h3-5,7-8,16-17,19-20,23,26-29,34,37H,6,9-15,18H2,1-2H3,(H,35,38)/t23-,26-,27+,28?,29-/m1/s1. The van der Waals surface area contributed by atoms with Crippen LogP contribution in [-0.4, -0.2) is 59.1 Å². The molecule has 1 unspecified atom stereocenters. The van der Waals surface area contributed by atoms with E-state index >= 15 is 0 Å². The molecule has 2 heterocycles. The fraction of sp³-hybridized carbons (Fsp3) is 0.548. The van der Waals surface area contributed by atoms with E-state index in [4.69, 9.17) is 0 Å². The predicted octanol–water partition coefficient (Wildman–Crippen LogP) is 4.00. The zero-order valence-corrected chi connectivity index (χ0v) is 22.9. The van der Waals surface area contributed by atoms with Crippen molar-refractivity contribution >= 4 is 11.8 Å². The Morgan fingerprint density at radius 3 is 2.46 bits per heavy atom. The molecule has 2 aromatic carbocycles. The molecule has 2 amide bonds. The van der Waals surface area contributed by atoms with Gasteiger partial charge in [0.15, 0.2) is 0 Å². The summed E-state index contributed by atoms with van der Waals surface area (Å²) in [6.07, 6.45) is 3.30. The molecule has 2 fully saturated rings. The van der Waals surface area contributed by atoms with Gasteiger partial charge in [0.05, 0.1) is 12.1 Å². The zero-order chi connectivity index (χ0) is 27.9. The third-order valence-corrected chi connectivity index (χ3v) is 7.96. The van der Waals surface area contributed by atoms with E-state index in [2.05, 4.69) is 24.5 Å². The monoisotopic (exact) mass is 541 g/mol. The van der Waals surface area contributed by atoms with Gasteiger partial charge >= 0.3 is 0 Å². The first kappa shape index (κ1) is 29.2. The highest BCUT2D eigenvalue weighted by atomic mass is 19.1. The van der Waals surface area contributed by atoms with Gasteiger partial charge in [0.25, 0.3) is 0 Å². The molecule has 0 saturated carbocycles. The summed E-state index contributed by atoms with van der Waals surface area (Å²) in [5, 5.41) is 17.5. The third kappa shape index (κ3) is 7.85. The molecular formula is C31H41F2N3O3. The van der Waals surface area contributed by atoms with Gasteiger partial charge in [0, 0.05) is 24.6 Å². The predicted molar refractivity (Wildman–Crippen MR) is 147 cm³/mol. The van der Waals surface area contributed by atoms with Crippen molar-refractivity contribution < 1.29 is 23.5 Å². The molecule has 6 nitrogen and oxygen atoms in total. The third-order valence-electron chi connectivity index (χ3n) is 7.96. The Hall–Kier alpha value is -2.84. The van der Waals surface area contributed by atoms with Crippen LogP contribution < -0.4 is 10.6 Å². The minimum absolute atomic E-state index is 0.00123. The average Bonchev–Trinajstić information content (AvgIpc) is 3.54.